The van der Waals surface area contributed by atoms with E-state index >= 15 is 0 Å². The molecule has 1 aromatic heterocycles. The Morgan fingerprint density at radius 1 is 0.970 bits per heavy atom. The fraction of sp³-hybridized carbons (Fsp3) is 0.0833. The molecule has 0 spiro atoms. The molecule has 168 valence electrons. The van der Waals surface area contributed by atoms with Gasteiger partial charge in [0.05, 0.1) is 17.8 Å². The van der Waals surface area contributed by atoms with Gasteiger partial charge in [0, 0.05) is 11.1 Å². The van der Waals surface area contributed by atoms with E-state index in [1.165, 1.54) is 43.4 Å². The Bertz CT molecular complexity index is 1370. The summed E-state index contributed by atoms with van der Waals surface area (Å²) in [5, 5.41) is 2.88. The molecule has 0 saturated carbocycles. The molecule has 3 aromatic carbocycles. The summed E-state index contributed by atoms with van der Waals surface area (Å²) < 4.78 is 41.3. The number of sulfonamides is 1. The van der Waals surface area contributed by atoms with Crippen LogP contribution in [0.4, 0.5) is 10.2 Å². The van der Waals surface area contributed by atoms with Crippen molar-refractivity contribution in [2.45, 2.75) is 11.4 Å². The van der Waals surface area contributed by atoms with E-state index in [0.717, 1.165) is 5.56 Å². The third kappa shape index (κ3) is 5.00. The van der Waals surface area contributed by atoms with Crippen molar-refractivity contribution < 1.29 is 17.6 Å². The van der Waals surface area contributed by atoms with Crippen LogP contribution in [-0.2, 0) is 16.6 Å². The molecule has 0 aliphatic rings. The predicted octanol–water partition coefficient (Wildman–Crippen LogP) is 3.90. The normalized spacial score (nSPS) is 11.3. The molecule has 4 rings (SSSR count). The van der Waals surface area contributed by atoms with Crippen LogP contribution in [0.2, 0.25) is 0 Å². The van der Waals surface area contributed by atoms with E-state index in [1.807, 2.05) is 30.3 Å². The largest absolute Gasteiger partial charge is 0.312 e. The molecule has 0 bridgehead atoms. The molecular weight excluding hydrogens is 443 g/mol. The summed E-state index contributed by atoms with van der Waals surface area (Å²) >= 11 is 0. The molecule has 9 heteroatoms. The van der Waals surface area contributed by atoms with Crippen LogP contribution in [0.1, 0.15) is 15.9 Å². The van der Waals surface area contributed by atoms with E-state index in [9.17, 15) is 17.6 Å². The number of anilines is 1. The zero-order valence-corrected chi connectivity index (χ0v) is 18.5. The molecule has 0 aliphatic carbocycles. The number of nitrogens with one attached hydrogen (secondary N) is 2. The van der Waals surface area contributed by atoms with Crippen molar-refractivity contribution in [3.8, 4) is 11.3 Å². The maximum Gasteiger partial charge on any atom is 0.256 e. The summed E-state index contributed by atoms with van der Waals surface area (Å²) in [6, 6.07) is 21.1. The maximum atomic E-state index is 13.4. The van der Waals surface area contributed by atoms with Crippen LogP contribution in [0.15, 0.2) is 90.1 Å². The number of carbonyl (C=O) groups is 1. The van der Waals surface area contributed by atoms with Gasteiger partial charge in [-0.25, -0.2) is 22.5 Å². The van der Waals surface area contributed by atoms with Gasteiger partial charge in [0.25, 0.3) is 5.91 Å². The number of nitrogens with zero attached hydrogens (tertiary/aromatic N) is 2. The average Bonchev–Trinajstić information content (AvgIpc) is 3.22. The van der Waals surface area contributed by atoms with Gasteiger partial charge in [0.1, 0.15) is 17.3 Å². The molecule has 0 radical (unpaired) electrons. The molecule has 0 unspecified atom stereocenters. The van der Waals surface area contributed by atoms with Crippen LogP contribution in [-0.4, -0.2) is 30.9 Å². The van der Waals surface area contributed by atoms with Crippen molar-refractivity contribution in [3.05, 3.63) is 102 Å². The van der Waals surface area contributed by atoms with Crippen molar-refractivity contribution in [1.29, 1.82) is 0 Å². The zero-order chi connectivity index (χ0) is 23.4. The van der Waals surface area contributed by atoms with Crippen molar-refractivity contribution >= 4 is 21.7 Å². The molecule has 0 aliphatic heterocycles. The van der Waals surface area contributed by atoms with Crippen LogP contribution in [0.3, 0.4) is 0 Å². The Labute approximate surface area is 191 Å². The number of benzene rings is 3. The predicted molar refractivity (Wildman–Crippen MR) is 124 cm³/mol. The van der Waals surface area contributed by atoms with E-state index in [0.29, 0.717) is 23.6 Å². The van der Waals surface area contributed by atoms with Crippen LogP contribution in [0, 0.1) is 5.82 Å². The molecule has 33 heavy (non-hydrogen) atoms. The molecule has 1 amide bonds. The number of rotatable bonds is 7. The topological polar surface area (TPSA) is 93.1 Å². The summed E-state index contributed by atoms with van der Waals surface area (Å²) in [5.41, 5.74) is 2.43. The van der Waals surface area contributed by atoms with Gasteiger partial charge in [-0.05, 0) is 61.1 Å². The van der Waals surface area contributed by atoms with Gasteiger partial charge in [-0.2, -0.15) is 0 Å². The van der Waals surface area contributed by atoms with Gasteiger partial charge in [-0.15, -0.1) is 0 Å². The molecule has 7 nitrogen and oxygen atoms in total. The Kier molecular flexibility index (Phi) is 6.34. The first-order valence-corrected chi connectivity index (χ1v) is 11.6. The smallest absolute Gasteiger partial charge is 0.256 e. The van der Waals surface area contributed by atoms with Crippen LogP contribution < -0.4 is 10.0 Å². The second kappa shape index (κ2) is 9.35. The van der Waals surface area contributed by atoms with Crippen LogP contribution >= 0.6 is 0 Å². The molecule has 2 N–H and O–H groups in total. The molecule has 1 heterocycles. The molecule has 4 aromatic rings. The lowest BCUT2D eigenvalue weighted by Crippen LogP contribution is -2.19. The van der Waals surface area contributed by atoms with E-state index in [2.05, 4.69) is 15.0 Å². The van der Waals surface area contributed by atoms with Crippen molar-refractivity contribution in [2.24, 2.45) is 0 Å². The average molecular weight is 465 g/mol. The van der Waals surface area contributed by atoms with Gasteiger partial charge >= 0.3 is 0 Å². The van der Waals surface area contributed by atoms with Crippen molar-refractivity contribution in [3.63, 3.8) is 0 Å². The zero-order valence-electron chi connectivity index (χ0n) is 17.7. The fourth-order valence-electron chi connectivity index (χ4n) is 3.32. The van der Waals surface area contributed by atoms with Gasteiger partial charge in [0.15, 0.2) is 0 Å². The van der Waals surface area contributed by atoms with Crippen LogP contribution in [0.5, 0.6) is 0 Å². The highest BCUT2D eigenvalue weighted by Crippen LogP contribution is 2.28. The highest BCUT2D eigenvalue weighted by molar-refractivity contribution is 7.89. The van der Waals surface area contributed by atoms with Gasteiger partial charge in [-0.3, -0.25) is 4.79 Å². The van der Waals surface area contributed by atoms with Crippen molar-refractivity contribution in [2.75, 3.05) is 12.4 Å². The monoisotopic (exact) mass is 464 g/mol. The standard InChI is InChI=1S/C24H21FN4O3S/c1-26-33(31,32)21-13-9-19(10-14-21)24(30)28-23-22(18-7-11-20(25)12-8-18)27-16-29(23)15-17-5-3-2-4-6-17/h2-14,16,26H,15H2,1H3,(H,28,30). The van der Waals surface area contributed by atoms with E-state index < -0.39 is 15.9 Å². The number of halogens is 1. The minimum Gasteiger partial charge on any atom is -0.312 e. The third-order valence-corrected chi connectivity index (χ3v) is 6.51. The summed E-state index contributed by atoms with van der Waals surface area (Å²) in [6.07, 6.45) is 1.61. The first kappa shape index (κ1) is 22.4. The highest BCUT2D eigenvalue weighted by Gasteiger charge is 2.18. The van der Waals surface area contributed by atoms with E-state index in [4.69, 9.17) is 0 Å². The first-order valence-electron chi connectivity index (χ1n) is 10.1. The second-order valence-corrected chi connectivity index (χ2v) is 9.13. The van der Waals surface area contributed by atoms with Crippen LogP contribution in [0.25, 0.3) is 11.3 Å². The summed E-state index contributed by atoms with van der Waals surface area (Å²) in [6.45, 7) is 0.462. The number of carbonyl (C=O) groups excluding carboxylic acids is 1. The number of amides is 1. The number of hydrogen-bond donors (Lipinski definition) is 2. The summed E-state index contributed by atoms with van der Waals surface area (Å²) in [5.74, 6) is -0.353. The maximum absolute atomic E-state index is 13.4. The Balaban J connectivity index is 1.67. The SMILES string of the molecule is CNS(=O)(=O)c1ccc(C(=O)Nc2c(-c3ccc(F)cc3)ncn2Cc2ccccc2)cc1. The lowest BCUT2D eigenvalue weighted by Gasteiger charge is -2.12. The Morgan fingerprint density at radius 3 is 2.27 bits per heavy atom. The Morgan fingerprint density at radius 2 is 1.64 bits per heavy atom. The minimum absolute atomic E-state index is 0.0580. The highest BCUT2D eigenvalue weighted by atomic mass is 32.2. The van der Waals surface area contributed by atoms with Gasteiger partial charge in [0.2, 0.25) is 10.0 Å². The third-order valence-electron chi connectivity index (χ3n) is 5.08. The number of imidazole rings is 1. The number of aromatic nitrogens is 2. The van der Waals surface area contributed by atoms with Gasteiger partial charge < -0.3 is 9.88 Å². The molecule has 0 fully saturated rings. The minimum atomic E-state index is -3.60. The lowest BCUT2D eigenvalue weighted by atomic mass is 10.1. The quantitative estimate of drug-likeness (QED) is 0.434. The Hall–Kier alpha value is -3.82. The second-order valence-electron chi connectivity index (χ2n) is 7.25. The van der Waals surface area contributed by atoms with Crippen molar-refractivity contribution in [1.82, 2.24) is 14.3 Å². The number of hydrogen-bond acceptors (Lipinski definition) is 4. The summed E-state index contributed by atoms with van der Waals surface area (Å²) in [7, 11) is -2.28. The molecule has 0 atom stereocenters. The molecular formula is C24H21FN4O3S. The lowest BCUT2D eigenvalue weighted by molar-refractivity contribution is 0.102. The summed E-state index contributed by atoms with van der Waals surface area (Å²) in [4.78, 5) is 17.5. The fourth-order valence-corrected chi connectivity index (χ4v) is 4.05. The van der Waals surface area contributed by atoms with E-state index in [-0.39, 0.29) is 16.3 Å². The van der Waals surface area contributed by atoms with Gasteiger partial charge in [-0.1, -0.05) is 30.3 Å². The van der Waals surface area contributed by atoms with E-state index in [1.54, 1.807) is 23.0 Å². The molecule has 0 saturated heterocycles. The first-order chi connectivity index (χ1) is 15.9.